The van der Waals surface area contributed by atoms with Crippen molar-refractivity contribution in [2.24, 2.45) is 5.92 Å². The van der Waals surface area contributed by atoms with Gasteiger partial charge in [-0.2, -0.15) is 0 Å². The van der Waals surface area contributed by atoms with Gasteiger partial charge in [0, 0.05) is 0 Å². The molecular formula is C18H21NO5S2. The van der Waals surface area contributed by atoms with Crippen LogP contribution in [0, 0.1) is 5.92 Å². The number of ether oxygens (including phenoxy) is 2. The molecule has 1 N–H and O–H groups in total. The first-order chi connectivity index (χ1) is 12.3. The Morgan fingerprint density at radius 3 is 2.69 bits per heavy atom. The van der Waals surface area contributed by atoms with E-state index < -0.39 is 18.4 Å². The molecule has 0 saturated carbocycles. The average Bonchev–Trinajstić information content (AvgIpc) is 2.81. The molecule has 8 heteroatoms. The van der Waals surface area contributed by atoms with Crippen LogP contribution in [0.5, 0.6) is 11.5 Å². The summed E-state index contributed by atoms with van der Waals surface area (Å²) in [6, 6.07) is 5.42. The van der Waals surface area contributed by atoms with Crippen molar-refractivity contribution in [1.82, 2.24) is 4.90 Å². The summed E-state index contributed by atoms with van der Waals surface area (Å²) in [7, 11) is 0. The number of thiocarbonyl (C=S) groups is 1. The minimum atomic E-state index is -1.10. The first-order valence-corrected chi connectivity index (χ1v) is 9.41. The zero-order valence-corrected chi connectivity index (χ0v) is 16.5. The highest BCUT2D eigenvalue weighted by Gasteiger charge is 2.33. The lowest BCUT2D eigenvalue weighted by Gasteiger charge is -2.14. The number of carboxylic acids is 1. The van der Waals surface area contributed by atoms with E-state index in [0.717, 1.165) is 22.2 Å². The highest BCUT2D eigenvalue weighted by Crippen LogP contribution is 2.34. The first kappa shape index (κ1) is 20.3. The Kier molecular flexibility index (Phi) is 7.05. The van der Waals surface area contributed by atoms with Gasteiger partial charge in [0.25, 0.3) is 5.91 Å². The van der Waals surface area contributed by atoms with Gasteiger partial charge in [0.2, 0.25) is 0 Å². The lowest BCUT2D eigenvalue weighted by atomic mass is 10.1. The standard InChI is InChI=1S/C18H21NO5S2/c1-4-23-14-7-12(5-6-13(14)24-10-11(2)3)8-15-17(22)19(9-16(20)21)18(25)26-15/h5-8,11H,4,9-10H2,1-3H3,(H,20,21)/b15-8+. The molecule has 0 aliphatic carbocycles. The molecule has 1 heterocycles. The van der Waals surface area contributed by atoms with Crippen molar-refractivity contribution in [3.8, 4) is 11.5 Å². The Morgan fingerprint density at radius 2 is 2.08 bits per heavy atom. The maximum Gasteiger partial charge on any atom is 0.323 e. The molecule has 1 amide bonds. The van der Waals surface area contributed by atoms with Crippen molar-refractivity contribution in [3.05, 3.63) is 28.7 Å². The molecule has 0 bridgehead atoms. The van der Waals surface area contributed by atoms with E-state index in [-0.39, 0.29) is 4.32 Å². The molecule has 1 saturated heterocycles. The van der Waals surface area contributed by atoms with Gasteiger partial charge in [0.05, 0.1) is 18.1 Å². The van der Waals surface area contributed by atoms with Gasteiger partial charge >= 0.3 is 5.97 Å². The maximum atomic E-state index is 12.3. The van der Waals surface area contributed by atoms with Gasteiger partial charge in [0.1, 0.15) is 10.9 Å². The van der Waals surface area contributed by atoms with E-state index in [0.29, 0.717) is 35.5 Å². The van der Waals surface area contributed by atoms with Crippen LogP contribution in [-0.4, -0.2) is 46.0 Å². The van der Waals surface area contributed by atoms with Gasteiger partial charge in [-0.15, -0.1) is 0 Å². The highest BCUT2D eigenvalue weighted by atomic mass is 32.2. The topological polar surface area (TPSA) is 76.1 Å². The fourth-order valence-electron chi connectivity index (χ4n) is 2.18. The van der Waals surface area contributed by atoms with Crippen molar-refractivity contribution in [1.29, 1.82) is 0 Å². The average molecular weight is 396 g/mol. The SMILES string of the molecule is CCOc1cc(/C=C2/SC(=S)N(CC(=O)O)C2=O)ccc1OCC(C)C. The maximum absolute atomic E-state index is 12.3. The molecule has 0 atom stereocenters. The fraction of sp³-hybridized carbons (Fsp3) is 0.389. The van der Waals surface area contributed by atoms with Gasteiger partial charge in [-0.05, 0) is 36.6 Å². The zero-order valence-electron chi connectivity index (χ0n) is 14.9. The third kappa shape index (κ3) is 5.22. The second-order valence-electron chi connectivity index (χ2n) is 6.01. The van der Waals surface area contributed by atoms with Crippen LogP contribution in [0.3, 0.4) is 0 Å². The number of amides is 1. The van der Waals surface area contributed by atoms with Crippen LogP contribution in [0.25, 0.3) is 6.08 Å². The number of carbonyl (C=O) groups is 2. The summed E-state index contributed by atoms with van der Waals surface area (Å²) in [4.78, 5) is 24.7. The molecule has 6 nitrogen and oxygen atoms in total. The second-order valence-corrected chi connectivity index (χ2v) is 7.68. The van der Waals surface area contributed by atoms with Crippen LogP contribution in [0.2, 0.25) is 0 Å². The molecule has 0 spiro atoms. The van der Waals surface area contributed by atoms with E-state index in [1.54, 1.807) is 18.2 Å². The number of nitrogens with zero attached hydrogens (tertiary/aromatic N) is 1. The number of aliphatic carboxylic acids is 1. The summed E-state index contributed by atoms with van der Waals surface area (Å²) in [6.45, 7) is 6.64. The van der Waals surface area contributed by atoms with E-state index in [9.17, 15) is 9.59 Å². The van der Waals surface area contributed by atoms with Crippen LogP contribution in [0.1, 0.15) is 26.3 Å². The highest BCUT2D eigenvalue weighted by molar-refractivity contribution is 8.26. The molecule has 140 valence electrons. The van der Waals surface area contributed by atoms with E-state index in [1.165, 1.54) is 0 Å². The van der Waals surface area contributed by atoms with E-state index >= 15 is 0 Å². The van der Waals surface area contributed by atoms with Gasteiger partial charge in [-0.1, -0.05) is 43.9 Å². The normalized spacial score (nSPS) is 15.8. The third-order valence-electron chi connectivity index (χ3n) is 3.30. The van der Waals surface area contributed by atoms with Crippen molar-refractivity contribution < 1.29 is 24.2 Å². The smallest absolute Gasteiger partial charge is 0.323 e. The molecule has 1 aromatic rings. The fourth-order valence-corrected chi connectivity index (χ4v) is 3.44. The number of hydrogen-bond donors (Lipinski definition) is 1. The predicted octanol–water partition coefficient (Wildman–Crippen LogP) is 3.41. The van der Waals surface area contributed by atoms with Crippen LogP contribution >= 0.6 is 24.0 Å². The number of hydrogen-bond acceptors (Lipinski definition) is 6. The van der Waals surface area contributed by atoms with Crippen molar-refractivity contribution in [2.45, 2.75) is 20.8 Å². The minimum Gasteiger partial charge on any atom is -0.490 e. The Morgan fingerprint density at radius 1 is 1.35 bits per heavy atom. The molecule has 1 fully saturated rings. The number of rotatable bonds is 8. The molecule has 2 rings (SSSR count). The molecule has 1 aliphatic heterocycles. The van der Waals surface area contributed by atoms with Crippen LogP contribution in [-0.2, 0) is 9.59 Å². The van der Waals surface area contributed by atoms with Crippen molar-refractivity contribution in [2.75, 3.05) is 19.8 Å². The largest absolute Gasteiger partial charge is 0.490 e. The van der Waals surface area contributed by atoms with E-state index in [4.69, 9.17) is 26.8 Å². The van der Waals surface area contributed by atoms with Gasteiger partial charge in [-0.25, -0.2) is 0 Å². The zero-order chi connectivity index (χ0) is 19.3. The third-order valence-corrected chi connectivity index (χ3v) is 4.68. The van der Waals surface area contributed by atoms with Crippen LogP contribution < -0.4 is 9.47 Å². The quantitative estimate of drug-likeness (QED) is 0.534. The molecule has 0 radical (unpaired) electrons. The monoisotopic (exact) mass is 395 g/mol. The Labute approximate surface area is 162 Å². The first-order valence-electron chi connectivity index (χ1n) is 8.18. The van der Waals surface area contributed by atoms with Gasteiger partial charge < -0.3 is 14.6 Å². The Hall–Kier alpha value is -2.06. The summed E-state index contributed by atoms with van der Waals surface area (Å²) in [5.41, 5.74) is 0.751. The molecule has 0 unspecified atom stereocenters. The summed E-state index contributed by atoms with van der Waals surface area (Å²) in [6.07, 6.45) is 1.68. The Balaban J connectivity index is 2.24. The van der Waals surface area contributed by atoms with Gasteiger partial charge in [-0.3, -0.25) is 14.5 Å². The Bertz CT molecular complexity index is 745. The van der Waals surface area contributed by atoms with Crippen molar-refractivity contribution >= 4 is 46.3 Å². The van der Waals surface area contributed by atoms with E-state index in [2.05, 4.69) is 13.8 Å². The van der Waals surface area contributed by atoms with Crippen LogP contribution in [0.15, 0.2) is 23.1 Å². The number of thioether (sulfide) groups is 1. The molecule has 0 aromatic heterocycles. The second kappa shape index (κ2) is 9.05. The summed E-state index contributed by atoms with van der Waals surface area (Å²) < 4.78 is 11.6. The van der Waals surface area contributed by atoms with Gasteiger partial charge in [0.15, 0.2) is 11.5 Å². The van der Waals surface area contributed by atoms with Crippen LogP contribution in [0.4, 0.5) is 0 Å². The summed E-state index contributed by atoms with van der Waals surface area (Å²) >= 11 is 6.19. The minimum absolute atomic E-state index is 0.241. The molecule has 26 heavy (non-hydrogen) atoms. The number of carboxylic acid groups (broad SMARTS) is 1. The molecular weight excluding hydrogens is 374 g/mol. The van der Waals surface area contributed by atoms with E-state index in [1.807, 2.05) is 13.0 Å². The lowest BCUT2D eigenvalue weighted by molar-refractivity contribution is -0.140. The summed E-state index contributed by atoms with van der Waals surface area (Å²) in [5.74, 6) is 0.132. The number of carbonyl (C=O) groups excluding carboxylic acids is 1. The summed E-state index contributed by atoms with van der Waals surface area (Å²) in [5, 5.41) is 8.89. The molecule has 1 aliphatic rings. The van der Waals surface area contributed by atoms with Crippen molar-refractivity contribution in [3.63, 3.8) is 0 Å². The molecule has 1 aromatic carbocycles. The number of benzene rings is 1. The lowest BCUT2D eigenvalue weighted by Crippen LogP contribution is -2.33. The predicted molar refractivity (Wildman–Crippen MR) is 105 cm³/mol.